The minimum atomic E-state index is -0.288. The number of likely N-dealkylation sites (tertiary alicyclic amines) is 1. The van der Waals surface area contributed by atoms with E-state index in [1.54, 1.807) is 11.8 Å². The molecule has 1 aromatic rings. The average molecular weight is 378 g/mol. The van der Waals surface area contributed by atoms with Gasteiger partial charge in [-0.05, 0) is 46.8 Å². The fourth-order valence-electron chi connectivity index (χ4n) is 2.82. The SMILES string of the molecule is CCOC(=O)N1CCC(NC(=O)c2cnc(NCCCN(C)C)nc2)CC1. The average Bonchev–Trinajstić information content (AvgIpc) is 2.66. The first-order valence-electron chi connectivity index (χ1n) is 9.42. The van der Waals surface area contributed by atoms with E-state index in [2.05, 4.69) is 25.5 Å². The number of nitrogens with zero attached hydrogens (tertiary/aromatic N) is 4. The van der Waals surface area contributed by atoms with Crippen molar-refractivity contribution in [1.82, 2.24) is 25.1 Å². The summed E-state index contributed by atoms with van der Waals surface area (Å²) in [6.07, 6.45) is 5.18. The molecule has 0 aliphatic carbocycles. The summed E-state index contributed by atoms with van der Waals surface area (Å²) in [5.74, 6) is 0.330. The maximum atomic E-state index is 12.4. The van der Waals surface area contributed by atoms with Crippen molar-refractivity contribution in [3.05, 3.63) is 18.0 Å². The number of rotatable bonds is 8. The summed E-state index contributed by atoms with van der Waals surface area (Å²) in [5, 5.41) is 6.13. The van der Waals surface area contributed by atoms with Gasteiger partial charge in [-0.25, -0.2) is 14.8 Å². The summed E-state index contributed by atoms with van der Waals surface area (Å²) in [4.78, 5) is 36.2. The van der Waals surface area contributed by atoms with E-state index >= 15 is 0 Å². The Hall–Kier alpha value is -2.42. The fraction of sp³-hybridized carbons (Fsp3) is 0.667. The Morgan fingerprint density at radius 2 is 1.93 bits per heavy atom. The normalized spacial score (nSPS) is 14.9. The number of ether oxygens (including phenoxy) is 1. The Balaban J connectivity index is 1.74. The molecule has 150 valence electrons. The summed E-state index contributed by atoms with van der Waals surface area (Å²) < 4.78 is 5.00. The summed E-state index contributed by atoms with van der Waals surface area (Å²) in [5.41, 5.74) is 0.432. The summed E-state index contributed by atoms with van der Waals surface area (Å²) in [6, 6.07) is 0.0343. The fourth-order valence-corrected chi connectivity index (χ4v) is 2.82. The molecule has 2 amide bonds. The molecule has 1 aliphatic rings. The van der Waals surface area contributed by atoms with Crippen molar-refractivity contribution in [1.29, 1.82) is 0 Å². The van der Waals surface area contributed by atoms with E-state index in [4.69, 9.17) is 4.74 Å². The topological polar surface area (TPSA) is 99.7 Å². The zero-order chi connectivity index (χ0) is 19.6. The zero-order valence-electron chi connectivity index (χ0n) is 16.4. The van der Waals surface area contributed by atoms with Crippen molar-refractivity contribution >= 4 is 17.9 Å². The highest BCUT2D eigenvalue weighted by molar-refractivity contribution is 5.93. The van der Waals surface area contributed by atoms with Crippen molar-refractivity contribution in [3.63, 3.8) is 0 Å². The third-order valence-electron chi connectivity index (χ3n) is 4.34. The smallest absolute Gasteiger partial charge is 0.409 e. The highest BCUT2D eigenvalue weighted by Crippen LogP contribution is 2.12. The Labute approximate surface area is 160 Å². The van der Waals surface area contributed by atoms with Crippen LogP contribution in [0.2, 0.25) is 0 Å². The van der Waals surface area contributed by atoms with Crippen molar-refractivity contribution in [3.8, 4) is 0 Å². The van der Waals surface area contributed by atoms with Gasteiger partial charge in [-0.15, -0.1) is 0 Å². The molecule has 0 aromatic carbocycles. The van der Waals surface area contributed by atoms with E-state index in [0.29, 0.717) is 44.0 Å². The van der Waals surface area contributed by atoms with Crippen LogP contribution in [0.1, 0.15) is 36.5 Å². The number of amides is 2. The van der Waals surface area contributed by atoms with E-state index in [1.165, 1.54) is 12.4 Å². The van der Waals surface area contributed by atoms with Gasteiger partial charge in [0.05, 0.1) is 12.2 Å². The van der Waals surface area contributed by atoms with Crippen LogP contribution in [-0.2, 0) is 4.74 Å². The predicted molar refractivity (Wildman–Crippen MR) is 103 cm³/mol. The zero-order valence-corrected chi connectivity index (χ0v) is 16.4. The molecule has 0 unspecified atom stereocenters. The molecule has 0 saturated carbocycles. The van der Waals surface area contributed by atoms with Crippen molar-refractivity contribution < 1.29 is 14.3 Å². The van der Waals surface area contributed by atoms with Gasteiger partial charge in [-0.2, -0.15) is 0 Å². The van der Waals surface area contributed by atoms with E-state index in [1.807, 2.05) is 14.1 Å². The van der Waals surface area contributed by atoms with Crippen LogP contribution in [0.4, 0.5) is 10.7 Å². The van der Waals surface area contributed by atoms with Crippen LogP contribution in [0.3, 0.4) is 0 Å². The van der Waals surface area contributed by atoms with E-state index in [9.17, 15) is 9.59 Å². The maximum Gasteiger partial charge on any atom is 0.409 e. The van der Waals surface area contributed by atoms with Crippen LogP contribution >= 0.6 is 0 Å². The van der Waals surface area contributed by atoms with Crippen molar-refractivity contribution in [2.24, 2.45) is 0 Å². The van der Waals surface area contributed by atoms with Crippen LogP contribution in [0.25, 0.3) is 0 Å². The van der Waals surface area contributed by atoms with Crippen LogP contribution in [-0.4, -0.2) is 84.7 Å². The standard InChI is InChI=1S/C18H30N6O3/c1-4-27-18(26)24-10-6-15(7-11-24)22-16(25)14-12-20-17(21-13-14)19-8-5-9-23(2)3/h12-13,15H,4-11H2,1-3H3,(H,22,25)(H,19,20,21). The third kappa shape index (κ3) is 7.01. The molecule has 0 radical (unpaired) electrons. The molecule has 1 aromatic heterocycles. The molecular formula is C18H30N6O3. The van der Waals surface area contributed by atoms with Crippen LogP contribution < -0.4 is 10.6 Å². The van der Waals surface area contributed by atoms with Gasteiger partial charge in [-0.3, -0.25) is 4.79 Å². The Bertz CT molecular complexity index is 600. The molecule has 1 aliphatic heterocycles. The monoisotopic (exact) mass is 378 g/mol. The lowest BCUT2D eigenvalue weighted by Crippen LogP contribution is -2.46. The van der Waals surface area contributed by atoms with Crippen LogP contribution in [0.5, 0.6) is 0 Å². The Morgan fingerprint density at radius 3 is 2.52 bits per heavy atom. The minimum Gasteiger partial charge on any atom is -0.450 e. The van der Waals surface area contributed by atoms with Gasteiger partial charge in [-0.1, -0.05) is 0 Å². The third-order valence-corrected chi connectivity index (χ3v) is 4.34. The maximum absolute atomic E-state index is 12.4. The molecule has 27 heavy (non-hydrogen) atoms. The quantitative estimate of drug-likeness (QED) is 0.656. The minimum absolute atomic E-state index is 0.0343. The summed E-state index contributed by atoms with van der Waals surface area (Å²) in [6.45, 7) is 5.09. The Morgan fingerprint density at radius 1 is 1.26 bits per heavy atom. The van der Waals surface area contributed by atoms with Crippen molar-refractivity contribution in [2.75, 3.05) is 52.2 Å². The van der Waals surface area contributed by atoms with Crippen LogP contribution in [0, 0.1) is 0 Å². The van der Waals surface area contributed by atoms with Gasteiger partial charge in [0.1, 0.15) is 0 Å². The molecule has 0 spiro atoms. The van der Waals surface area contributed by atoms with Gasteiger partial charge in [0.2, 0.25) is 5.95 Å². The van der Waals surface area contributed by atoms with E-state index in [0.717, 1.165) is 19.5 Å². The number of hydrogen-bond acceptors (Lipinski definition) is 7. The highest BCUT2D eigenvalue weighted by atomic mass is 16.6. The molecule has 2 heterocycles. The molecule has 2 rings (SSSR count). The summed E-state index contributed by atoms with van der Waals surface area (Å²) >= 11 is 0. The lowest BCUT2D eigenvalue weighted by Gasteiger charge is -2.31. The second kappa shape index (κ2) is 10.7. The van der Waals surface area contributed by atoms with Gasteiger partial charge in [0.15, 0.2) is 0 Å². The number of hydrogen-bond donors (Lipinski definition) is 2. The molecule has 0 atom stereocenters. The Kier molecular flexibility index (Phi) is 8.25. The lowest BCUT2D eigenvalue weighted by atomic mass is 10.1. The molecule has 9 heteroatoms. The van der Waals surface area contributed by atoms with Gasteiger partial charge < -0.3 is 25.2 Å². The first kappa shape index (κ1) is 20.9. The number of carbonyl (C=O) groups excluding carboxylic acids is 2. The van der Waals surface area contributed by atoms with E-state index < -0.39 is 0 Å². The molecule has 2 N–H and O–H groups in total. The van der Waals surface area contributed by atoms with Gasteiger partial charge >= 0.3 is 6.09 Å². The molecular weight excluding hydrogens is 348 g/mol. The van der Waals surface area contributed by atoms with Crippen molar-refractivity contribution in [2.45, 2.75) is 32.2 Å². The predicted octanol–water partition coefficient (Wildman–Crippen LogP) is 1.19. The lowest BCUT2D eigenvalue weighted by molar-refractivity contribution is 0.0859. The molecule has 1 saturated heterocycles. The highest BCUT2D eigenvalue weighted by Gasteiger charge is 2.24. The number of piperidine rings is 1. The van der Waals surface area contributed by atoms with E-state index in [-0.39, 0.29) is 18.0 Å². The number of anilines is 1. The number of carbonyl (C=O) groups is 2. The molecule has 9 nitrogen and oxygen atoms in total. The summed E-state index contributed by atoms with van der Waals surface area (Å²) in [7, 11) is 4.06. The molecule has 1 fully saturated rings. The second-order valence-corrected chi connectivity index (χ2v) is 6.81. The first-order valence-corrected chi connectivity index (χ1v) is 9.42. The molecule has 0 bridgehead atoms. The number of nitrogens with one attached hydrogen (secondary N) is 2. The number of aromatic nitrogens is 2. The van der Waals surface area contributed by atoms with Crippen LogP contribution in [0.15, 0.2) is 12.4 Å². The second-order valence-electron chi connectivity index (χ2n) is 6.81. The largest absolute Gasteiger partial charge is 0.450 e. The first-order chi connectivity index (χ1) is 13.0. The van der Waals surface area contributed by atoms with Gasteiger partial charge in [0.25, 0.3) is 5.91 Å². The van der Waals surface area contributed by atoms with Gasteiger partial charge in [0, 0.05) is 38.1 Å².